The Hall–Kier alpha value is -1.18. The van der Waals surface area contributed by atoms with Gasteiger partial charge < -0.3 is 9.47 Å². The van der Waals surface area contributed by atoms with Crippen molar-refractivity contribution in [2.45, 2.75) is 91.9 Å². The fraction of sp³-hybridized carbons (Fsp3) is 0.727. The average molecular weight is 335 g/mol. The van der Waals surface area contributed by atoms with E-state index in [9.17, 15) is 0 Å². The highest BCUT2D eigenvalue weighted by molar-refractivity contribution is 5.47. The largest absolute Gasteiger partial charge is 0.493 e. The first-order valence-electron chi connectivity index (χ1n) is 10.2. The fourth-order valence-corrected chi connectivity index (χ4v) is 2.69. The molecule has 0 fully saturated rings. The third-order valence-corrected chi connectivity index (χ3v) is 4.35. The van der Waals surface area contributed by atoms with E-state index >= 15 is 0 Å². The molecule has 2 heteroatoms. The van der Waals surface area contributed by atoms with Crippen LogP contribution in [0.1, 0.15) is 90.2 Å². The highest BCUT2D eigenvalue weighted by atomic mass is 16.5. The van der Waals surface area contributed by atoms with Gasteiger partial charge in [0.15, 0.2) is 0 Å². The molecule has 1 aromatic carbocycles. The van der Waals surface area contributed by atoms with Crippen LogP contribution in [0, 0.1) is 0 Å². The molecule has 0 saturated heterocycles. The molecule has 0 spiro atoms. The van der Waals surface area contributed by atoms with Crippen molar-refractivity contribution in [3.05, 3.63) is 23.3 Å². The maximum atomic E-state index is 6.12. The van der Waals surface area contributed by atoms with Gasteiger partial charge in [-0.05, 0) is 61.8 Å². The molecule has 0 unspecified atom stereocenters. The quantitative estimate of drug-likeness (QED) is 0.351. The van der Waals surface area contributed by atoms with Crippen LogP contribution in [0.4, 0.5) is 0 Å². The highest BCUT2D eigenvalue weighted by Crippen LogP contribution is 2.32. The van der Waals surface area contributed by atoms with Crippen LogP contribution >= 0.6 is 0 Å². The van der Waals surface area contributed by atoms with Crippen molar-refractivity contribution in [2.75, 3.05) is 13.2 Å². The minimum atomic E-state index is 0.818. The molecule has 0 bridgehead atoms. The zero-order valence-electron chi connectivity index (χ0n) is 16.5. The summed E-state index contributed by atoms with van der Waals surface area (Å²) in [5, 5.41) is 0. The zero-order chi connectivity index (χ0) is 17.6. The zero-order valence-corrected chi connectivity index (χ0v) is 16.5. The second-order valence-electron chi connectivity index (χ2n) is 6.68. The Morgan fingerprint density at radius 2 is 0.958 bits per heavy atom. The van der Waals surface area contributed by atoms with Crippen molar-refractivity contribution in [1.29, 1.82) is 0 Å². The molecule has 0 heterocycles. The van der Waals surface area contributed by atoms with E-state index in [1.165, 1.54) is 49.7 Å². The van der Waals surface area contributed by atoms with Crippen molar-refractivity contribution in [1.82, 2.24) is 0 Å². The van der Waals surface area contributed by atoms with Gasteiger partial charge in [0.2, 0.25) is 0 Å². The van der Waals surface area contributed by atoms with Crippen molar-refractivity contribution >= 4 is 0 Å². The number of ether oxygens (including phenoxy) is 2. The lowest BCUT2D eigenvalue weighted by atomic mass is 10.0. The summed E-state index contributed by atoms with van der Waals surface area (Å²) in [7, 11) is 0. The second kappa shape index (κ2) is 13.1. The fourth-order valence-electron chi connectivity index (χ4n) is 2.69. The minimum absolute atomic E-state index is 0.818. The van der Waals surface area contributed by atoms with Crippen LogP contribution in [0.3, 0.4) is 0 Å². The first kappa shape index (κ1) is 20.9. The molecule has 0 aliphatic heterocycles. The van der Waals surface area contributed by atoms with Crippen molar-refractivity contribution < 1.29 is 9.47 Å². The van der Waals surface area contributed by atoms with Gasteiger partial charge in [0.1, 0.15) is 11.5 Å². The number of benzene rings is 1. The number of aryl methyl sites for hydroxylation is 2. The van der Waals surface area contributed by atoms with Gasteiger partial charge in [-0.25, -0.2) is 0 Å². The molecule has 0 N–H and O–H groups in total. The molecule has 1 aromatic rings. The number of unbranched alkanes of at least 4 members (excludes halogenated alkanes) is 4. The van der Waals surface area contributed by atoms with E-state index in [0.29, 0.717) is 0 Å². The Kier molecular flexibility index (Phi) is 11.4. The minimum Gasteiger partial charge on any atom is -0.493 e. The predicted molar refractivity (Wildman–Crippen MR) is 104 cm³/mol. The Bertz CT molecular complexity index is 398. The van der Waals surface area contributed by atoms with E-state index in [1.807, 2.05) is 0 Å². The molecular formula is C22H38O2. The maximum Gasteiger partial charge on any atom is 0.123 e. The van der Waals surface area contributed by atoms with Gasteiger partial charge in [0.25, 0.3) is 0 Å². The summed E-state index contributed by atoms with van der Waals surface area (Å²) in [6.07, 6.45) is 11.6. The number of rotatable bonds is 14. The molecule has 0 amide bonds. The molecular weight excluding hydrogens is 296 g/mol. The van der Waals surface area contributed by atoms with E-state index in [-0.39, 0.29) is 0 Å². The summed E-state index contributed by atoms with van der Waals surface area (Å²) in [6.45, 7) is 10.5. The Balaban J connectivity index is 2.99. The molecule has 2 nitrogen and oxygen atoms in total. The molecule has 1 rings (SSSR count). The van der Waals surface area contributed by atoms with Crippen LogP contribution in [0.25, 0.3) is 0 Å². The standard InChI is InChI=1S/C22H38O2/c1-5-9-13-19-17-22(24-16-12-8-4)20(14-10-6-2)18-21(19)23-15-11-7-3/h17-18H,5-16H2,1-4H3. The molecule has 0 aliphatic carbocycles. The van der Waals surface area contributed by atoms with Crippen LogP contribution in [-0.4, -0.2) is 13.2 Å². The summed E-state index contributed by atoms with van der Waals surface area (Å²) in [6, 6.07) is 4.52. The third-order valence-electron chi connectivity index (χ3n) is 4.35. The Morgan fingerprint density at radius 3 is 1.29 bits per heavy atom. The highest BCUT2D eigenvalue weighted by Gasteiger charge is 2.12. The van der Waals surface area contributed by atoms with Gasteiger partial charge in [0, 0.05) is 0 Å². The van der Waals surface area contributed by atoms with Crippen LogP contribution in [0.5, 0.6) is 11.5 Å². The predicted octanol–water partition coefficient (Wildman–Crippen LogP) is 6.73. The summed E-state index contributed by atoms with van der Waals surface area (Å²) in [5.41, 5.74) is 2.64. The molecule has 0 aliphatic rings. The summed E-state index contributed by atoms with van der Waals surface area (Å²) >= 11 is 0. The van der Waals surface area contributed by atoms with Crippen LogP contribution in [-0.2, 0) is 12.8 Å². The topological polar surface area (TPSA) is 18.5 Å². The van der Waals surface area contributed by atoms with Crippen molar-refractivity contribution in [3.63, 3.8) is 0 Å². The van der Waals surface area contributed by atoms with E-state index in [2.05, 4.69) is 39.8 Å². The monoisotopic (exact) mass is 334 g/mol. The van der Waals surface area contributed by atoms with E-state index in [4.69, 9.17) is 9.47 Å². The smallest absolute Gasteiger partial charge is 0.123 e. The maximum absolute atomic E-state index is 6.12. The normalized spacial score (nSPS) is 10.8. The van der Waals surface area contributed by atoms with Gasteiger partial charge >= 0.3 is 0 Å². The second-order valence-corrected chi connectivity index (χ2v) is 6.68. The van der Waals surface area contributed by atoms with Crippen molar-refractivity contribution in [3.8, 4) is 11.5 Å². The molecule has 0 aromatic heterocycles. The van der Waals surface area contributed by atoms with Gasteiger partial charge in [-0.1, -0.05) is 53.4 Å². The molecule has 24 heavy (non-hydrogen) atoms. The van der Waals surface area contributed by atoms with Crippen molar-refractivity contribution in [2.24, 2.45) is 0 Å². The average Bonchev–Trinajstić information content (AvgIpc) is 2.60. The van der Waals surface area contributed by atoms with E-state index < -0.39 is 0 Å². The Labute approximate surface area is 149 Å². The Morgan fingerprint density at radius 1 is 0.583 bits per heavy atom. The molecule has 0 radical (unpaired) electrons. The van der Waals surface area contributed by atoms with E-state index in [0.717, 1.165) is 50.4 Å². The number of hydrogen-bond acceptors (Lipinski definition) is 2. The lowest BCUT2D eigenvalue weighted by Crippen LogP contribution is -2.05. The van der Waals surface area contributed by atoms with Gasteiger partial charge in [-0.2, -0.15) is 0 Å². The first-order chi connectivity index (χ1) is 11.8. The molecule has 0 saturated carbocycles. The van der Waals surface area contributed by atoms with Gasteiger partial charge in [0.05, 0.1) is 13.2 Å². The van der Waals surface area contributed by atoms with Crippen LogP contribution in [0.15, 0.2) is 12.1 Å². The van der Waals surface area contributed by atoms with Gasteiger partial charge in [-0.15, -0.1) is 0 Å². The van der Waals surface area contributed by atoms with E-state index in [1.54, 1.807) is 0 Å². The van der Waals surface area contributed by atoms with Crippen LogP contribution in [0.2, 0.25) is 0 Å². The molecule has 0 atom stereocenters. The molecule has 138 valence electrons. The summed E-state index contributed by atoms with van der Waals surface area (Å²) in [5.74, 6) is 2.18. The SMILES string of the molecule is CCCCOc1cc(CCCC)c(OCCCC)cc1CCCC. The summed E-state index contributed by atoms with van der Waals surface area (Å²) < 4.78 is 12.2. The van der Waals surface area contributed by atoms with Crippen LogP contribution < -0.4 is 9.47 Å². The summed E-state index contributed by atoms with van der Waals surface area (Å²) in [4.78, 5) is 0. The van der Waals surface area contributed by atoms with Gasteiger partial charge in [-0.3, -0.25) is 0 Å². The number of hydrogen-bond donors (Lipinski definition) is 0. The lowest BCUT2D eigenvalue weighted by Gasteiger charge is -2.18. The first-order valence-corrected chi connectivity index (χ1v) is 10.2. The lowest BCUT2D eigenvalue weighted by molar-refractivity contribution is 0.295. The third kappa shape index (κ3) is 7.59.